The molecule has 1 amide bonds. The molecule has 2 heterocycles. The summed E-state index contributed by atoms with van der Waals surface area (Å²) in [5.74, 6) is 0.0175. The van der Waals surface area contributed by atoms with E-state index in [0.717, 1.165) is 29.2 Å². The van der Waals surface area contributed by atoms with E-state index >= 15 is 0 Å². The number of carbonyl (C=O) groups excluding carboxylic acids is 1. The van der Waals surface area contributed by atoms with Crippen LogP contribution >= 0.6 is 11.3 Å². The molecule has 0 aliphatic heterocycles. The molecule has 2 aromatic rings. The van der Waals surface area contributed by atoms with Crippen LogP contribution in [0, 0.1) is 0 Å². The second-order valence-corrected chi connectivity index (χ2v) is 5.13. The molecule has 4 nitrogen and oxygen atoms in total. The molecule has 0 saturated carbocycles. The van der Waals surface area contributed by atoms with E-state index in [2.05, 4.69) is 22.2 Å². The smallest absolute Gasteiger partial charge is 0.226 e. The van der Waals surface area contributed by atoms with Crippen molar-refractivity contribution in [2.24, 2.45) is 0 Å². The Labute approximate surface area is 116 Å². The normalized spacial score (nSPS) is 10.4. The number of amides is 1. The van der Waals surface area contributed by atoms with Gasteiger partial charge in [0.25, 0.3) is 0 Å². The molecule has 2 rings (SSSR count). The van der Waals surface area contributed by atoms with Crippen molar-refractivity contribution in [1.82, 2.24) is 15.3 Å². The van der Waals surface area contributed by atoms with Crippen molar-refractivity contribution in [3.8, 4) is 0 Å². The van der Waals surface area contributed by atoms with Gasteiger partial charge in [0.15, 0.2) is 0 Å². The highest BCUT2D eigenvalue weighted by molar-refractivity contribution is 7.09. The number of hydrogen-bond acceptors (Lipinski definition) is 4. The molecule has 0 aromatic carbocycles. The lowest BCUT2D eigenvalue weighted by Gasteiger charge is -2.03. The van der Waals surface area contributed by atoms with E-state index in [1.165, 1.54) is 0 Å². The lowest BCUT2D eigenvalue weighted by Crippen LogP contribution is -2.27. The summed E-state index contributed by atoms with van der Waals surface area (Å²) < 4.78 is 0. The summed E-state index contributed by atoms with van der Waals surface area (Å²) in [5, 5.41) is 5.93. The van der Waals surface area contributed by atoms with Gasteiger partial charge in [0.05, 0.1) is 17.1 Å². The van der Waals surface area contributed by atoms with E-state index in [0.29, 0.717) is 13.0 Å². The lowest BCUT2D eigenvalue weighted by molar-refractivity contribution is -0.120. The van der Waals surface area contributed by atoms with Gasteiger partial charge in [0.2, 0.25) is 5.91 Å². The van der Waals surface area contributed by atoms with E-state index in [9.17, 15) is 4.79 Å². The van der Waals surface area contributed by atoms with Gasteiger partial charge in [-0.3, -0.25) is 9.78 Å². The van der Waals surface area contributed by atoms with Crippen molar-refractivity contribution in [2.75, 3.05) is 6.54 Å². The Bertz CT molecular complexity index is 524. The number of nitrogens with one attached hydrogen (secondary N) is 1. The fraction of sp³-hybridized carbons (Fsp3) is 0.357. The molecule has 0 spiro atoms. The minimum absolute atomic E-state index is 0.0175. The molecular formula is C14H17N3OS. The van der Waals surface area contributed by atoms with Gasteiger partial charge >= 0.3 is 0 Å². The van der Waals surface area contributed by atoms with Crippen LogP contribution in [0.15, 0.2) is 29.8 Å². The molecule has 0 bridgehead atoms. The Kier molecular flexibility index (Phi) is 5.03. The molecule has 100 valence electrons. The summed E-state index contributed by atoms with van der Waals surface area (Å²) in [4.78, 5) is 20.3. The van der Waals surface area contributed by atoms with Crippen LogP contribution in [0.3, 0.4) is 0 Å². The average molecular weight is 275 g/mol. The second kappa shape index (κ2) is 6.99. The van der Waals surface area contributed by atoms with Gasteiger partial charge in [-0.1, -0.05) is 13.0 Å². The molecule has 19 heavy (non-hydrogen) atoms. The zero-order chi connectivity index (χ0) is 13.5. The summed E-state index contributed by atoms with van der Waals surface area (Å²) in [6, 6.07) is 5.79. The highest BCUT2D eigenvalue weighted by Gasteiger charge is 2.06. The highest BCUT2D eigenvalue weighted by Crippen LogP contribution is 2.10. The van der Waals surface area contributed by atoms with Crippen LogP contribution in [0.25, 0.3) is 0 Å². The summed E-state index contributed by atoms with van der Waals surface area (Å²) in [6.07, 6.45) is 3.80. The zero-order valence-electron chi connectivity index (χ0n) is 10.9. The molecule has 5 heteroatoms. The number of pyridine rings is 1. The van der Waals surface area contributed by atoms with Crippen molar-refractivity contribution < 1.29 is 4.79 Å². The summed E-state index contributed by atoms with van der Waals surface area (Å²) >= 11 is 1.61. The van der Waals surface area contributed by atoms with E-state index in [1.54, 1.807) is 17.5 Å². The van der Waals surface area contributed by atoms with E-state index < -0.39 is 0 Å². The SMILES string of the molecule is CCc1nc(CC(=O)NCCc2ccccn2)cs1. The topological polar surface area (TPSA) is 54.9 Å². The van der Waals surface area contributed by atoms with Crippen molar-refractivity contribution >= 4 is 17.2 Å². The first kappa shape index (κ1) is 13.7. The Morgan fingerprint density at radius 1 is 1.37 bits per heavy atom. The molecule has 0 unspecified atom stereocenters. The molecule has 0 saturated heterocycles. The molecule has 1 N–H and O–H groups in total. The minimum atomic E-state index is 0.0175. The Morgan fingerprint density at radius 2 is 2.26 bits per heavy atom. The predicted octanol–water partition coefficient (Wildman–Crippen LogP) is 2.00. The molecule has 0 radical (unpaired) electrons. The molecule has 0 aliphatic carbocycles. The first-order chi connectivity index (χ1) is 9.28. The van der Waals surface area contributed by atoms with Crippen LogP contribution in [0.1, 0.15) is 23.3 Å². The monoisotopic (exact) mass is 275 g/mol. The van der Waals surface area contributed by atoms with Crippen LogP contribution in [-0.4, -0.2) is 22.4 Å². The Hall–Kier alpha value is -1.75. The summed E-state index contributed by atoms with van der Waals surface area (Å²) in [5.41, 5.74) is 1.85. The third-order valence-corrected chi connectivity index (χ3v) is 3.71. The highest BCUT2D eigenvalue weighted by atomic mass is 32.1. The van der Waals surface area contributed by atoms with Gasteiger partial charge in [0.1, 0.15) is 0 Å². The maximum Gasteiger partial charge on any atom is 0.226 e. The molecule has 0 aliphatic rings. The maximum atomic E-state index is 11.7. The molecular weight excluding hydrogens is 258 g/mol. The minimum Gasteiger partial charge on any atom is -0.355 e. The largest absolute Gasteiger partial charge is 0.355 e. The summed E-state index contributed by atoms with van der Waals surface area (Å²) in [7, 11) is 0. The Morgan fingerprint density at radius 3 is 2.95 bits per heavy atom. The number of thiazole rings is 1. The molecule has 0 atom stereocenters. The third kappa shape index (κ3) is 4.44. The summed E-state index contributed by atoms with van der Waals surface area (Å²) in [6.45, 7) is 2.68. The quantitative estimate of drug-likeness (QED) is 0.877. The first-order valence-electron chi connectivity index (χ1n) is 6.38. The second-order valence-electron chi connectivity index (χ2n) is 4.18. The van der Waals surface area contributed by atoms with E-state index in [1.807, 2.05) is 23.6 Å². The molecule has 0 fully saturated rings. The van der Waals surface area contributed by atoms with Gasteiger partial charge in [-0.05, 0) is 18.6 Å². The number of aryl methyl sites for hydroxylation is 1. The Balaban J connectivity index is 1.73. The van der Waals surface area contributed by atoms with Crippen LogP contribution in [0.4, 0.5) is 0 Å². The average Bonchev–Trinajstić information content (AvgIpc) is 2.87. The lowest BCUT2D eigenvalue weighted by atomic mass is 10.2. The van der Waals surface area contributed by atoms with Crippen LogP contribution in [0.5, 0.6) is 0 Å². The van der Waals surface area contributed by atoms with Crippen LogP contribution in [0.2, 0.25) is 0 Å². The number of rotatable bonds is 6. The van der Waals surface area contributed by atoms with Crippen molar-refractivity contribution in [3.63, 3.8) is 0 Å². The number of carbonyl (C=O) groups is 1. The first-order valence-corrected chi connectivity index (χ1v) is 7.25. The maximum absolute atomic E-state index is 11.7. The van der Waals surface area contributed by atoms with Gasteiger partial charge in [-0.25, -0.2) is 4.98 Å². The molecule has 2 aromatic heterocycles. The fourth-order valence-corrected chi connectivity index (χ4v) is 2.44. The van der Waals surface area contributed by atoms with Crippen molar-refractivity contribution in [1.29, 1.82) is 0 Å². The predicted molar refractivity (Wildman–Crippen MR) is 76.1 cm³/mol. The van der Waals surface area contributed by atoms with Crippen LogP contribution in [-0.2, 0) is 24.1 Å². The van der Waals surface area contributed by atoms with Crippen molar-refractivity contribution in [2.45, 2.75) is 26.2 Å². The van der Waals surface area contributed by atoms with Gasteiger partial charge in [-0.2, -0.15) is 0 Å². The fourth-order valence-electron chi connectivity index (χ4n) is 1.70. The van der Waals surface area contributed by atoms with E-state index in [-0.39, 0.29) is 5.91 Å². The van der Waals surface area contributed by atoms with Gasteiger partial charge in [-0.15, -0.1) is 11.3 Å². The van der Waals surface area contributed by atoms with Gasteiger partial charge in [0, 0.05) is 30.2 Å². The van der Waals surface area contributed by atoms with Crippen LogP contribution < -0.4 is 5.32 Å². The van der Waals surface area contributed by atoms with E-state index in [4.69, 9.17) is 0 Å². The third-order valence-electron chi connectivity index (χ3n) is 2.67. The van der Waals surface area contributed by atoms with Gasteiger partial charge < -0.3 is 5.32 Å². The zero-order valence-corrected chi connectivity index (χ0v) is 11.7. The standard InChI is InChI=1S/C14H17N3OS/c1-2-14-17-12(10-19-14)9-13(18)16-8-6-11-5-3-4-7-15-11/h3-5,7,10H,2,6,8-9H2,1H3,(H,16,18). The number of nitrogens with zero attached hydrogens (tertiary/aromatic N) is 2. The number of hydrogen-bond donors (Lipinski definition) is 1. The number of aromatic nitrogens is 2. The van der Waals surface area contributed by atoms with Crippen molar-refractivity contribution in [3.05, 3.63) is 46.2 Å².